The molecule has 0 unspecified atom stereocenters. The van der Waals surface area contributed by atoms with Gasteiger partial charge in [0.1, 0.15) is 0 Å². The minimum Gasteiger partial charge on any atom is -0.396 e. The Morgan fingerprint density at radius 2 is 2.00 bits per heavy atom. The zero-order valence-corrected chi connectivity index (χ0v) is 10.6. The summed E-state index contributed by atoms with van der Waals surface area (Å²) in [5.74, 6) is 0. The van der Waals surface area contributed by atoms with E-state index >= 15 is 0 Å². The monoisotopic (exact) mass is 311 g/mol. The molecule has 0 aliphatic rings. The Bertz CT molecular complexity index is 381. The van der Waals surface area contributed by atoms with Crippen molar-refractivity contribution >= 4 is 15.9 Å². The maximum atomic E-state index is 12.5. The highest BCUT2D eigenvalue weighted by molar-refractivity contribution is 9.10. The van der Waals surface area contributed by atoms with Gasteiger partial charge in [-0.25, -0.2) is 0 Å². The predicted octanol–water partition coefficient (Wildman–Crippen LogP) is 3.24. The first kappa shape index (κ1) is 14.5. The summed E-state index contributed by atoms with van der Waals surface area (Å²) in [5, 5.41) is 8.67. The van der Waals surface area contributed by atoms with Crippen molar-refractivity contribution in [3.8, 4) is 0 Å². The lowest BCUT2D eigenvalue weighted by atomic mass is 10.0. The molecule has 6 heteroatoms. The Balaban J connectivity index is 2.98. The van der Waals surface area contributed by atoms with Crippen LogP contribution in [-0.4, -0.2) is 11.7 Å². The number of benzene rings is 1. The summed E-state index contributed by atoms with van der Waals surface area (Å²) in [6.07, 6.45) is -3.47. The van der Waals surface area contributed by atoms with E-state index in [1.54, 1.807) is 0 Å². The molecule has 0 spiro atoms. The molecule has 17 heavy (non-hydrogen) atoms. The molecule has 3 N–H and O–H groups in total. The lowest BCUT2D eigenvalue weighted by Gasteiger charge is -2.16. The number of aliphatic hydroxyl groups excluding tert-OH is 1. The number of hydrogen-bond acceptors (Lipinski definition) is 2. The zero-order valence-electron chi connectivity index (χ0n) is 8.97. The highest BCUT2D eigenvalue weighted by atomic mass is 79.9. The number of alkyl halides is 3. The van der Waals surface area contributed by atoms with Crippen LogP contribution in [0.15, 0.2) is 22.7 Å². The Hall–Kier alpha value is -0.590. The second kappa shape index (κ2) is 5.84. The van der Waals surface area contributed by atoms with Gasteiger partial charge in [-0.3, -0.25) is 0 Å². The van der Waals surface area contributed by atoms with Crippen LogP contribution in [0.1, 0.15) is 30.0 Å². The van der Waals surface area contributed by atoms with Gasteiger partial charge in [-0.05, 0) is 36.6 Å². The van der Waals surface area contributed by atoms with E-state index in [1.165, 1.54) is 6.07 Å². The predicted molar refractivity (Wildman–Crippen MR) is 62.4 cm³/mol. The fraction of sp³-hybridized carbons (Fsp3) is 0.455. The van der Waals surface area contributed by atoms with Gasteiger partial charge in [-0.15, -0.1) is 0 Å². The van der Waals surface area contributed by atoms with Crippen molar-refractivity contribution in [3.05, 3.63) is 33.8 Å². The minimum atomic E-state index is -4.37. The van der Waals surface area contributed by atoms with E-state index < -0.39 is 17.8 Å². The van der Waals surface area contributed by atoms with Crippen molar-refractivity contribution in [2.24, 2.45) is 5.73 Å². The minimum absolute atomic E-state index is 0.0235. The van der Waals surface area contributed by atoms with Crippen LogP contribution in [0.3, 0.4) is 0 Å². The summed E-state index contributed by atoms with van der Waals surface area (Å²) in [7, 11) is 0. The molecule has 0 saturated heterocycles. The topological polar surface area (TPSA) is 46.2 Å². The summed E-state index contributed by atoms with van der Waals surface area (Å²) in [4.78, 5) is 0. The van der Waals surface area contributed by atoms with Crippen LogP contribution in [0.4, 0.5) is 13.2 Å². The summed E-state index contributed by atoms with van der Waals surface area (Å²) >= 11 is 3.18. The summed E-state index contributed by atoms with van der Waals surface area (Å²) in [5.41, 5.74) is 5.48. The third kappa shape index (κ3) is 3.97. The summed E-state index contributed by atoms with van der Waals surface area (Å²) in [6.45, 7) is -0.0235. The van der Waals surface area contributed by atoms with Gasteiger partial charge in [0, 0.05) is 17.1 Å². The summed E-state index contributed by atoms with van der Waals surface area (Å²) < 4.78 is 38.1. The van der Waals surface area contributed by atoms with E-state index in [2.05, 4.69) is 15.9 Å². The van der Waals surface area contributed by atoms with Gasteiger partial charge in [0.15, 0.2) is 0 Å². The van der Waals surface area contributed by atoms with Crippen molar-refractivity contribution in [1.82, 2.24) is 0 Å². The smallest absolute Gasteiger partial charge is 0.396 e. The fourth-order valence-corrected chi connectivity index (χ4v) is 2.01. The van der Waals surface area contributed by atoms with Gasteiger partial charge in [0.25, 0.3) is 0 Å². The van der Waals surface area contributed by atoms with Gasteiger partial charge in [-0.2, -0.15) is 13.2 Å². The Kier molecular flexibility index (Phi) is 4.97. The van der Waals surface area contributed by atoms with Crippen LogP contribution >= 0.6 is 15.9 Å². The molecule has 0 fully saturated rings. The molecule has 2 nitrogen and oxygen atoms in total. The number of aliphatic hydroxyl groups is 1. The normalized spacial score (nSPS) is 13.8. The molecule has 1 atom stereocenters. The highest BCUT2D eigenvalue weighted by Crippen LogP contribution is 2.34. The Morgan fingerprint density at radius 1 is 1.35 bits per heavy atom. The molecule has 0 radical (unpaired) electrons. The maximum absolute atomic E-state index is 12.5. The Morgan fingerprint density at radius 3 is 2.53 bits per heavy atom. The first-order valence-corrected chi connectivity index (χ1v) is 5.88. The van der Waals surface area contributed by atoms with Gasteiger partial charge >= 0.3 is 6.18 Å². The molecule has 0 bridgehead atoms. The van der Waals surface area contributed by atoms with Gasteiger partial charge in [0.05, 0.1) is 5.56 Å². The van der Waals surface area contributed by atoms with Gasteiger partial charge in [0.2, 0.25) is 0 Å². The highest BCUT2D eigenvalue weighted by Gasteiger charge is 2.31. The molecule has 0 saturated carbocycles. The Labute approximate surface area is 106 Å². The van der Waals surface area contributed by atoms with Crippen LogP contribution in [-0.2, 0) is 6.18 Å². The molecule has 1 aromatic carbocycles. The van der Waals surface area contributed by atoms with E-state index in [0.29, 0.717) is 22.9 Å². The van der Waals surface area contributed by atoms with Crippen molar-refractivity contribution in [1.29, 1.82) is 0 Å². The van der Waals surface area contributed by atoms with E-state index in [0.717, 1.165) is 12.1 Å². The van der Waals surface area contributed by atoms with Crippen molar-refractivity contribution < 1.29 is 18.3 Å². The first-order valence-electron chi connectivity index (χ1n) is 5.09. The number of halogens is 4. The van der Waals surface area contributed by atoms with Crippen molar-refractivity contribution in [3.63, 3.8) is 0 Å². The molecule has 0 aliphatic carbocycles. The molecular weight excluding hydrogens is 299 g/mol. The van der Waals surface area contributed by atoms with Gasteiger partial charge in [-0.1, -0.05) is 15.9 Å². The third-order valence-corrected chi connectivity index (χ3v) is 3.12. The fourth-order valence-electron chi connectivity index (χ4n) is 1.47. The second-order valence-corrected chi connectivity index (χ2v) is 4.56. The number of nitrogens with two attached hydrogens (primary N) is 1. The lowest BCUT2D eigenvalue weighted by Crippen LogP contribution is -2.13. The largest absolute Gasteiger partial charge is 0.416 e. The zero-order chi connectivity index (χ0) is 13.1. The van der Waals surface area contributed by atoms with Gasteiger partial charge < -0.3 is 10.8 Å². The van der Waals surface area contributed by atoms with E-state index in [1.807, 2.05) is 0 Å². The average molecular weight is 312 g/mol. The van der Waals surface area contributed by atoms with Crippen LogP contribution in [0, 0.1) is 0 Å². The maximum Gasteiger partial charge on any atom is 0.416 e. The average Bonchev–Trinajstić information content (AvgIpc) is 2.24. The number of rotatable bonds is 4. The first-order chi connectivity index (χ1) is 7.86. The quantitative estimate of drug-likeness (QED) is 0.896. The second-order valence-electron chi connectivity index (χ2n) is 3.71. The standard InChI is InChI=1S/C11H13BrF3NO/c12-9-4-3-7(11(13,14)15)6-8(9)10(16)2-1-5-17/h3-4,6,10,17H,1-2,5,16H2/t10-/m0/s1. The third-order valence-electron chi connectivity index (χ3n) is 2.40. The molecule has 96 valence electrons. The van der Waals surface area contributed by atoms with E-state index in [4.69, 9.17) is 10.8 Å². The molecule has 0 aliphatic heterocycles. The molecule has 0 aromatic heterocycles. The van der Waals surface area contributed by atoms with Crippen molar-refractivity contribution in [2.45, 2.75) is 25.1 Å². The lowest BCUT2D eigenvalue weighted by molar-refractivity contribution is -0.137. The molecule has 0 heterocycles. The van der Waals surface area contributed by atoms with Crippen LogP contribution in [0.25, 0.3) is 0 Å². The van der Waals surface area contributed by atoms with E-state index in [-0.39, 0.29) is 6.61 Å². The van der Waals surface area contributed by atoms with Crippen LogP contribution in [0.2, 0.25) is 0 Å². The van der Waals surface area contributed by atoms with E-state index in [9.17, 15) is 13.2 Å². The molecule has 0 amide bonds. The number of hydrogen-bond donors (Lipinski definition) is 2. The SMILES string of the molecule is N[C@@H](CCCO)c1cc(C(F)(F)F)ccc1Br. The molecular formula is C11H13BrF3NO. The summed E-state index contributed by atoms with van der Waals surface area (Å²) in [6, 6.07) is 2.88. The molecule has 1 aromatic rings. The van der Waals surface area contributed by atoms with Crippen LogP contribution < -0.4 is 5.73 Å². The van der Waals surface area contributed by atoms with Crippen molar-refractivity contribution in [2.75, 3.05) is 6.61 Å². The molecule has 1 rings (SSSR count). The van der Waals surface area contributed by atoms with Crippen LogP contribution in [0.5, 0.6) is 0 Å².